The molecule has 0 aliphatic carbocycles. The molecule has 1 aliphatic heterocycles. The molecule has 4 aromatic rings. The second-order valence-electron chi connectivity index (χ2n) is 8.04. The lowest BCUT2D eigenvalue weighted by molar-refractivity contribution is -0.137. The molecule has 0 radical (unpaired) electrons. The van der Waals surface area contributed by atoms with Crippen molar-refractivity contribution < 1.29 is 19.4 Å². The highest BCUT2D eigenvalue weighted by molar-refractivity contribution is 6.35. The Bertz CT molecular complexity index is 1270. The largest absolute Gasteiger partial charge is 0.492 e. The molecule has 2 atom stereocenters. The van der Waals surface area contributed by atoms with Gasteiger partial charge in [0.25, 0.3) is 0 Å². The van der Waals surface area contributed by atoms with Crippen molar-refractivity contribution in [2.24, 2.45) is 0 Å². The summed E-state index contributed by atoms with van der Waals surface area (Å²) >= 11 is 6.25. The van der Waals surface area contributed by atoms with Crippen LogP contribution in [0.15, 0.2) is 72.9 Å². The third-order valence-electron chi connectivity index (χ3n) is 5.86. The number of fused-ring (bicyclic) bond motifs is 2. The van der Waals surface area contributed by atoms with Crippen LogP contribution in [0.25, 0.3) is 10.9 Å². The summed E-state index contributed by atoms with van der Waals surface area (Å²) in [6.07, 6.45) is 2.32. The molecule has 6 heteroatoms. The van der Waals surface area contributed by atoms with Crippen LogP contribution in [0.3, 0.4) is 0 Å². The van der Waals surface area contributed by atoms with Gasteiger partial charge in [0, 0.05) is 41.1 Å². The molecule has 0 bridgehead atoms. The number of nitrogens with one attached hydrogen (secondary N) is 1. The van der Waals surface area contributed by atoms with E-state index in [0.29, 0.717) is 29.5 Å². The van der Waals surface area contributed by atoms with Crippen LogP contribution >= 0.6 is 11.6 Å². The predicted molar refractivity (Wildman–Crippen MR) is 124 cm³/mol. The van der Waals surface area contributed by atoms with Gasteiger partial charge in [0.05, 0.1) is 18.1 Å². The standard InChI is InChI=1S/C26H22ClNO4/c27-22-14-28-23-11-17(6-8-21(22)23)24(10-16-4-2-1-3-5-16)32-19-7-9-20-18(12-26(29)30)15-31-25(20)13-19/h1-9,11,13-14,18,24,28H,10,12,15H2,(H,29,30). The molecule has 2 heterocycles. The normalized spacial score (nSPS) is 15.8. The Hall–Kier alpha value is -3.44. The summed E-state index contributed by atoms with van der Waals surface area (Å²) in [4.78, 5) is 14.3. The molecule has 1 aromatic heterocycles. The van der Waals surface area contributed by atoms with Crippen molar-refractivity contribution in [2.75, 3.05) is 6.61 Å². The van der Waals surface area contributed by atoms with Gasteiger partial charge in [-0.2, -0.15) is 0 Å². The van der Waals surface area contributed by atoms with Gasteiger partial charge < -0.3 is 19.6 Å². The van der Waals surface area contributed by atoms with Gasteiger partial charge in [0.1, 0.15) is 17.6 Å². The zero-order valence-electron chi connectivity index (χ0n) is 17.3. The number of halogens is 1. The van der Waals surface area contributed by atoms with Crippen LogP contribution in [0, 0.1) is 0 Å². The zero-order valence-corrected chi connectivity index (χ0v) is 18.0. The second-order valence-corrected chi connectivity index (χ2v) is 8.45. The van der Waals surface area contributed by atoms with E-state index in [1.165, 1.54) is 5.56 Å². The number of hydrogen-bond acceptors (Lipinski definition) is 3. The fraction of sp³-hybridized carbons (Fsp3) is 0.192. The number of H-pyrrole nitrogens is 1. The Kier molecular flexibility index (Phi) is 5.50. The summed E-state index contributed by atoms with van der Waals surface area (Å²) in [6, 6.07) is 22.0. The smallest absolute Gasteiger partial charge is 0.304 e. The van der Waals surface area contributed by atoms with Crippen LogP contribution in [0.4, 0.5) is 0 Å². The van der Waals surface area contributed by atoms with E-state index in [-0.39, 0.29) is 18.4 Å². The molecule has 0 saturated carbocycles. The third kappa shape index (κ3) is 4.16. The molecule has 32 heavy (non-hydrogen) atoms. The van der Waals surface area contributed by atoms with E-state index in [9.17, 15) is 4.79 Å². The van der Waals surface area contributed by atoms with E-state index < -0.39 is 5.97 Å². The number of carboxylic acids is 1. The highest BCUT2D eigenvalue weighted by atomic mass is 35.5. The first-order chi connectivity index (χ1) is 15.6. The Morgan fingerprint density at radius 3 is 2.81 bits per heavy atom. The van der Waals surface area contributed by atoms with Crippen molar-refractivity contribution in [1.29, 1.82) is 0 Å². The fourth-order valence-electron chi connectivity index (χ4n) is 4.24. The Morgan fingerprint density at radius 2 is 2.00 bits per heavy atom. The summed E-state index contributed by atoms with van der Waals surface area (Å²) in [5, 5.41) is 10.8. The van der Waals surface area contributed by atoms with Crippen LogP contribution < -0.4 is 9.47 Å². The van der Waals surface area contributed by atoms with Crippen molar-refractivity contribution in [3.05, 3.63) is 94.6 Å². The summed E-state index contributed by atoms with van der Waals surface area (Å²) in [5.74, 6) is 0.426. The number of aromatic amines is 1. The molecule has 5 nitrogen and oxygen atoms in total. The number of hydrogen-bond donors (Lipinski definition) is 2. The molecule has 0 spiro atoms. The number of benzene rings is 3. The highest BCUT2D eigenvalue weighted by Gasteiger charge is 2.27. The number of carboxylic acid groups (broad SMARTS) is 1. The summed E-state index contributed by atoms with van der Waals surface area (Å²) in [7, 11) is 0. The first-order valence-electron chi connectivity index (χ1n) is 10.5. The van der Waals surface area contributed by atoms with E-state index in [1.54, 1.807) is 6.20 Å². The van der Waals surface area contributed by atoms with Crippen molar-refractivity contribution in [3.63, 3.8) is 0 Å². The molecule has 0 fully saturated rings. The van der Waals surface area contributed by atoms with Crippen molar-refractivity contribution in [3.8, 4) is 11.5 Å². The van der Waals surface area contributed by atoms with Gasteiger partial charge in [-0.25, -0.2) is 0 Å². The van der Waals surface area contributed by atoms with Crippen LogP contribution in [-0.4, -0.2) is 22.7 Å². The highest BCUT2D eigenvalue weighted by Crippen LogP contribution is 2.39. The fourth-order valence-corrected chi connectivity index (χ4v) is 4.46. The third-order valence-corrected chi connectivity index (χ3v) is 6.17. The lowest BCUT2D eigenvalue weighted by Crippen LogP contribution is -2.11. The quantitative estimate of drug-likeness (QED) is 0.357. The minimum Gasteiger partial charge on any atom is -0.492 e. The van der Waals surface area contributed by atoms with Gasteiger partial charge >= 0.3 is 5.97 Å². The molecule has 0 amide bonds. The number of ether oxygens (including phenoxy) is 2. The SMILES string of the molecule is O=C(O)CC1COc2cc(OC(Cc3ccccc3)c3ccc4c(Cl)c[nH]c4c3)ccc21. The van der Waals surface area contributed by atoms with Gasteiger partial charge in [0.15, 0.2) is 0 Å². The molecule has 2 N–H and O–H groups in total. The van der Waals surface area contributed by atoms with Crippen LogP contribution in [0.5, 0.6) is 11.5 Å². The molecular formula is C26H22ClNO4. The molecule has 5 rings (SSSR count). The van der Waals surface area contributed by atoms with Crippen LogP contribution in [0.1, 0.15) is 35.1 Å². The zero-order chi connectivity index (χ0) is 22.1. The first-order valence-corrected chi connectivity index (χ1v) is 10.9. The predicted octanol–water partition coefficient (Wildman–Crippen LogP) is 6.13. The summed E-state index contributed by atoms with van der Waals surface area (Å²) in [5.41, 5.74) is 4.08. The average molecular weight is 448 g/mol. The number of rotatable bonds is 7. The van der Waals surface area contributed by atoms with Crippen molar-refractivity contribution in [1.82, 2.24) is 4.98 Å². The Morgan fingerprint density at radius 1 is 1.16 bits per heavy atom. The average Bonchev–Trinajstić information content (AvgIpc) is 3.36. The van der Waals surface area contributed by atoms with Gasteiger partial charge in [-0.1, -0.05) is 60.1 Å². The lowest BCUT2D eigenvalue weighted by Gasteiger charge is -2.21. The van der Waals surface area contributed by atoms with Gasteiger partial charge in [-0.05, 0) is 23.3 Å². The summed E-state index contributed by atoms with van der Waals surface area (Å²) in [6.45, 7) is 0.378. The number of carbonyl (C=O) groups is 1. The minimum atomic E-state index is -0.825. The van der Waals surface area contributed by atoms with E-state index in [2.05, 4.69) is 23.2 Å². The maximum absolute atomic E-state index is 11.1. The monoisotopic (exact) mass is 447 g/mol. The van der Waals surface area contributed by atoms with Gasteiger partial charge in [-0.15, -0.1) is 0 Å². The van der Waals surface area contributed by atoms with Crippen molar-refractivity contribution >= 4 is 28.5 Å². The first kappa shape index (κ1) is 20.5. The van der Waals surface area contributed by atoms with E-state index in [1.807, 2.05) is 48.5 Å². The number of aliphatic carboxylic acids is 1. The topological polar surface area (TPSA) is 71.6 Å². The van der Waals surface area contributed by atoms with Gasteiger partial charge in [-0.3, -0.25) is 4.79 Å². The molecule has 2 unspecified atom stereocenters. The minimum absolute atomic E-state index is 0.0581. The molecular weight excluding hydrogens is 426 g/mol. The maximum atomic E-state index is 11.1. The number of aromatic nitrogens is 1. The molecule has 0 saturated heterocycles. The van der Waals surface area contributed by atoms with Crippen molar-refractivity contribution in [2.45, 2.75) is 24.9 Å². The molecule has 162 valence electrons. The molecule has 1 aliphatic rings. The Labute approximate surface area is 190 Å². The Balaban J connectivity index is 1.45. The summed E-state index contributed by atoms with van der Waals surface area (Å²) < 4.78 is 12.2. The maximum Gasteiger partial charge on any atom is 0.304 e. The van der Waals surface area contributed by atoms with Crippen LogP contribution in [-0.2, 0) is 11.2 Å². The van der Waals surface area contributed by atoms with Gasteiger partial charge in [0.2, 0.25) is 0 Å². The second kappa shape index (κ2) is 8.60. The van der Waals surface area contributed by atoms with E-state index >= 15 is 0 Å². The van der Waals surface area contributed by atoms with Crippen LogP contribution in [0.2, 0.25) is 5.02 Å². The van der Waals surface area contributed by atoms with E-state index in [4.69, 9.17) is 26.2 Å². The molecule has 3 aromatic carbocycles. The van der Waals surface area contributed by atoms with E-state index in [0.717, 1.165) is 22.0 Å². The lowest BCUT2D eigenvalue weighted by atomic mass is 9.97.